The van der Waals surface area contributed by atoms with Crippen molar-refractivity contribution in [3.05, 3.63) is 16.1 Å². The molecule has 1 aliphatic carbocycles. The molecule has 0 saturated heterocycles. The molecule has 1 N–H and O–H groups in total. The van der Waals surface area contributed by atoms with Gasteiger partial charge in [0.15, 0.2) is 0 Å². The molecular weight excluding hydrogens is 248 g/mol. The molecule has 0 spiro atoms. The molecule has 18 heavy (non-hydrogen) atoms. The van der Waals surface area contributed by atoms with E-state index in [1.165, 1.54) is 29.1 Å². The molecule has 102 valence electrons. The highest BCUT2D eigenvalue weighted by Crippen LogP contribution is 2.38. The number of methoxy groups -OCH3 is 1. The van der Waals surface area contributed by atoms with Gasteiger partial charge in [-0.15, -0.1) is 11.3 Å². The van der Waals surface area contributed by atoms with Crippen LogP contribution in [0.5, 0.6) is 0 Å². The van der Waals surface area contributed by atoms with Gasteiger partial charge in [0, 0.05) is 43.7 Å². The fraction of sp³-hybridized carbons (Fsp3) is 0.769. The Morgan fingerprint density at radius 2 is 2.33 bits per heavy atom. The van der Waals surface area contributed by atoms with Crippen molar-refractivity contribution >= 4 is 11.3 Å². The highest BCUT2D eigenvalue weighted by atomic mass is 32.1. The second kappa shape index (κ2) is 7.19. The van der Waals surface area contributed by atoms with Crippen LogP contribution in [0, 0.1) is 0 Å². The molecule has 0 unspecified atom stereocenters. The van der Waals surface area contributed by atoms with Crippen molar-refractivity contribution in [3.8, 4) is 0 Å². The van der Waals surface area contributed by atoms with Crippen molar-refractivity contribution in [2.75, 3.05) is 33.4 Å². The van der Waals surface area contributed by atoms with E-state index < -0.39 is 0 Å². The summed E-state index contributed by atoms with van der Waals surface area (Å²) in [5, 5.41) is 10.4. The number of hydrogen-bond acceptors (Lipinski definition) is 5. The second-order valence-corrected chi connectivity index (χ2v) is 5.93. The van der Waals surface area contributed by atoms with E-state index in [0.717, 1.165) is 13.1 Å². The van der Waals surface area contributed by atoms with Crippen LogP contribution >= 0.6 is 11.3 Å². The Balaban J connectivity index is 1.86. The summed E-state index contributed by atoms with van der Waals surface area (Å²) in [6.07, 6.45) is 5.95. The summed E-state index contributed by atoms with van der Waals surface area (Å²) in [5.41, 5.74) is 0. The maximum absolute atomic E-state index is 9.06. The summed E-state index contributed by atoms with van der Waals surface area (Å²) in [6, 6.07) is 0. The van der Waals surface area contributed by atoms with Crippen LogP contribution in [-0.4, -0.2) is 48.4 Å². The number of nitrogens with zero attached hydrogens (tertiary/aromatic N) is 2. The Morgan fingerprint density at radius 1 is 1.50 bits per heavy atom. The lowest BCUT2D eigenvalue weighted by atomic mass is 9.86. The van der Waals surface area contributed by atoms with E-state index >= 15 is 0 Å². The summed E-state index contributed by atoms with van der Waals surface area (Å²) >= 11 is 1.83. The summed E-state index contributed by atoms with van der Waals surface area (Å²) in [4.78, 5) is 8.03. The third kappa shape index (κ3) is 3.75. The van der Waals surface area contributed by atoms with E-state index in [-0.39, 0.29) is 6.61 Å². The molecule has 1 saturated carbocycles. The number of thiazole rings is 1. The van der Waals surface area contributed by atoms with Crippen molar-refractivity contribution in [1.29, 1.82) is 0 Å². The molecule has 2 rings (SSSR count). The molecule has 1 aromatic heterocycles. The van der Waals surface area contributed by atoms with Crippen LogP contribution in [0.4, 0.5) is 0 Å². The first-order valence-corrected chi connectivity index (χ1v) is 7.42. The Morgan fingerprint density at radius 3 is 2.94 bits per heavy atom. The molecule has 4 nitrogen and oxygen atoms in total. The normalized spacial score (nSPS) is 16.2. The minimum absolute atomic E-state index is 0.192. The molecule has 0 bridgehead atoms. The average Bonchev–Trinajstić information content (AvgIpc) is 2.72. The van der Waals surface area contributed by atoms with Crippen LogP contribution in [0.15, 0.2) is 6.20 Å². The third-order valence-electron chi connectivity index (χ3n) is 3.43. The first-order valence-electron chi connectivity index (χ1n) is 6.60. The molecule has 0 aliphatic heterocycles. The smallest absolute Gasteiger partial charge is 0.0959 e. The van der Waals surface area contributed by atoms with Gasteiger partial charge in [0.2, 0.25) is 0 Å². The van der Waals surface area contributed by atoms with Crippen LogP contribution in [0.1, 0.15) is 35.1 Å². The van der Waals surface area contributed by atoms with E-state index in [0.29, 0.717) is 19.1 Å². The third-order valence-corrected chi connectivity index (χ3v) is 4.58. The fourth-order valence-electron chi connectivity index (χ4n) is 2.09. The standard InChI is InChI=1S/C13H22N2O2S/c1-17-8-6-15(5-7-16)10-12-9-14-13(18-12)11-3-2-4-11/h9,11,16H,2-8,10H2,1H3. The predicted molar refractivity (Wildman–Crippen MR) is 72.9 cm³/mol. The number of rotatable bonds is 8. The van der Waals surface area contributed by atoms with Gasteiger partial charge in [-0.2, -0.15) is 0 Å². The molecule has 1 aromatic rings. The zero-order valence-electron chi connectivity index (χ0n) is 11.0. The van der Waals surface area contributed by atoms with E-state index in [1.54, 1.807) is 7.11 Å². The SMILES string of the molecule is COCCN(CCO)Cc1cnc(C2CCC2)s1. The minimum atomic E-state index is 0.192. The number of hydrogen-bond donors (Lipinski definition) is 1. The van der Waals surface area contributed by atoms with Crippen molar-refractivity contribution in [2.45, 2.75) is 31.7 Å². The van der Waals surface area contributed by atoms with E-state index in [4.69, 9.17) is 9.84 Å². The Kier molecular flexibility index (Phi) is 5.56. The monoisotopic (exact) mass is 270 g/mol. The number of aromatic nitrogens is 1. The van der Waals surface area contributed by atoms with Gasteiger partial charge >= 0.3 is 0 Å². The molecule has 1 aliphatic rings. The number of ether oxygens (including phenoxy) is 1. The second-order valence-electron chi connectivity index (χ2n) is 4.79. The highest BCUT2D eigenvalue weighted by molar-refractivity contribution is 7.11. The highest BCUT2D eigenvalue weighted by Gasteiger charge is 2.22. The first-order chi connectivity index (χ1) is 8.83. The summed E-state index contributed by atoms with van der Waals surface area (Å²) in [7, 11) is 1.71. The Labute approximate surface area is 113 Å². The van der Waals surface area contributed by atoms with Gasteiger partial charge in [-0.25, -0.2) is 4.98 Å². The maximum Gasteiger partial charge on any atom is 0.0959 e. The molecule has 0 radical (unpaired) electrons. The van der Waals surface area contributed by atoms with Crippen molar-refractivity contribution < 1.29 is 9.84 Å². The van der Waals surface area contributed by atoms with Crippen LogP contribution in [-0.2, 0) is 11.3 Å². The first kappa shape index (κ1) is 13.9. The van der Waals surface area contributed by atoms with Gasteiger partial charge in [-0.3, -0.25) is 4.90 Å². The van der Waals surface area contributed by atoms with Gasteiger partial charge in [-0.1, -0.05) is 6.42 Å². The lowest BCUT2D eigenvalue weighted by Gasteiger charge is -2.22. The molecule has 0 atom stereocenters. The summed E-state index contributed by atoms with van der Waals surface area (Å²) in [6.45, 7) is 3.31. The molecule has 0 amide bonds. The van der Waals surface area contributed by atoms with Crippen LogP contribution < -0.4 is 0 Å². The molecule has 0 aromatic carbocycles. The number of aliphatic hydroxyl groups is 1. The zero-order valence-corrected chi connectivity index (χ0v) is 11.8. The van der Waals surface area contributed by atoms with Crippen molar-refractivity contribution in [2.24, 2.45) is 0 Å². The van der Waals surface area contributed by atoms with Gasteiger partial charge in [0.1, 0.15) is 0 Å². The Bertz CT molecular complexity index is 353. The van der Waals surface area contributed by atoms with Crippen LogP contribution in [0.25, 0.3) is 0 Å². The van der Waals surface area contributed by atoms with Crippen molar-refractivity contribution in [3.63, 3.8) is 0 Å². The van der Waals surface area contributed by atoms with Gasteiger partial charge in [-0.05, 0) is 12.8 Å². The summed E-state index contributed by atoms with van der Waals surface area (Å²) in [5.74, 6) is 0.717. The van der Waals surface area contributed by atoms with Gasteiger partial charge in [0.25, 0.3) is 0 Å². The molecule has 1 fully saturated rings. The topological polar surface area (TPSA) is 45.6 Å². The van der Waals surface area contributed by atoms with Crippen LogP contribution in [0.3, 0.4) is 0 Å². The van der Waals surface area contributed by atoms with E-state index in [1.807, 2.05) is 17.5 Å². The molecule has 1 heterocycles. The van der Waals surface area contributed by atoms with Gasteiger partial charge in [0.05, 0.1) is 18.2 Å². The van der Waals surface area contributed by atoms with E-state index in [9.17, 15) is 0 Å². The predicted octanol–water partition coefficient (Wildman–Crippen LogP) is 1.85. The largest absolute Gasteiger partial charge is 0.395 e. The zero-order chi connectivity index (χ0) is 12.8. The molecule has 5 heteroatoms. The van der Waals surface area contributed by atoms with Gasteiger partial charge < -0.3 is 9.84 Å². The number of aliphatic hydroxyl groups excluding tert-OH is 1. The lowest BCUT2D eigenvalue weighted by Crippen LogP contribution is -2.29. The van der Waals surface area contributed by atoms with E-state index in [2.05, 4.69) is 9.88 Å². The molecular formula is C13H22N2O2S. The average molecular weight is 270 g/mol. The quantitative estimate of drug-likeness (QED) is 0.783. The summed E-state index contributed by atoms with van der Waals surface area (Å²) < 4.78 is 5.09. The Hall–Kier alpha value is -0.490. The van der Waals surface area contributed by atoms with Crippen molar-refractivity contribution in [1.82, 2.24) is 9.88 Å². The lowest BCUT2D eigenvalue weighted by molar-refractivity contribution is 0.127. The maximum atomic E-state index is 9.06. The minimum Gasteiger partial charge on any atom is -0.395 e. The fourth-order valence-corrected chi connectivity index (χ4v) is 3.22. The van der Waals surface area contributed by atoms with Crippen LogP contribution in [0.2, 0.25) is 0 Å².